The first kappa shape index (κ1) is 16.4. The summed E-state index contributed by atoms with van der Waals surface area (Å²) in [5, 5.41) is 1.42. The second-order valence-electron chi connectivity index (χ2n) is 8.02. The average Bonchev–Trinajstić information content (AvgIpc) is 2.75. The molecule has 4 rings (SSSR count). The second kappa shape index (κ2) is 6.34. The van der Waals surface area contributed by atoms with Gasteiger partial charge >= 0.3 is 0 Å². The molecule has 1 atom stereocenters. The summed E-state index contributed by atoms with van der Waals surface area (Å²) in [4.78, 5) is 0. The smallest absolute Gasteiger partial charge is 0.0485 e. The standard InChI is InChI=1S/C23H28N2/c1-17-10-11-22-19(15-17)20-16-23(2,24)13-6-9-21(20)25(22)14-12-18-7-4-3-5-8-18/h3-5,7-8,10-11,15H,6,9,12-14,16,24H2,1-2H3. The van der Waals surface area contributed by atoms with Crippen molar-refractivity contribution in [2.24, 2.45) is 5.73 Å². The SMILES string of the molecule is Cc1ccc2c(c1)c1c(n2CCc2ccccc2)CCCC(C)(N)C1. The van der Waals surface area contributed by atoms with E-state index in [1.54, 1.807) is 0 Å². The Morgan fingerprint density at radius 2 is 1.92 bits per heavy atom. The van der Waals surface area contributed by atoms with Crippen LogP contribution in [0.4, 0.5) is 0 Å². The molecule has 1 aromatic heterocycles. The van der Waals surface area contributed by atoms with Crippen molar-refractivity contribution in [2.45, 2.75) is 58.0 Å². The minimum absolute atomic E-state index is 0.0897. The molecule has 0 aliphatic heterocycles. The van der Waals surface area contributed by atoms with Crippen LogP contribution in [0.25, 0.3) is 10.9 Å². The van der Waals surface area contributed by atoms with Crippen molar-refractivity contribution in [3.63, 3.8) is 0 Å². The normalized spacial score (nSPS) is 20.4. The minimum Gasteiger partial charge on any atom is -0.344 e. The molecule has 0 radical (unpaired) electrons. The van der Waals surface area contributed by atoms with Crippen molar-refractivity contribution in [1.82, 2.24) is 4.57 Å². The molecule has 0 bridgehead atoms. The van der Waals surface area contributed by atoms with Crippen LogP contribution in [0.15, 0.2) is 48.5 Å². The van der Waals surface area contributed by atoms with E-state index >= 15 is 0 Å². The first-order chi connectivity index (χ1) is 12.0. The molecule has 0 saturated carbocycles. The van der Waals surface area contributed by atoms with Gasteiger partial charge in [-0.1, -0.05) is 42.0 Å². The molecule has 0 fully saturated rings. The van der Waals surface area contributed by atoms with Crippen LogP contribution in [0.5, 0.6) is 0 Å². The van der Waals surface area contributed by atoms with Crippen LogP contribution in [0.2, 0.25) is 0 Å². The Bertz CT molecular complexity index is 887. The summed E-state index contributed by atoms with van der Waals surface area (Å²) in [6, 6.07) is 17.7. The van der Waals surface area contributed by atoms with Crippen LogP contribution in [0.1, 0.15) is 42.1 Å². The zero-order valence-corrected chi connectivity index (χ0v) is 15.4. The van der Waals surface area contributed by atoms with Gasteiger partial charge in [0.05, 0.1) is 0 Å². The first-order valence-corrected chi connectivity index (χ1v) is 9.47. The number of rotatable bonds is 3. The van der Waals surface area contributed by atoms with E-state index in [1.807, 2.05) is 0 Å². The summed E-state index contributed by atoms with van der Waals surface area (Å²) in [5.41, 5.74) is 13.6. The van der Waals surface area contributed by atoms with Gasteiger partial charge in [0.2, 0.25) is 0 Å². The lowest BCUT2D eigenvalue weighted by molar-refractivity contribution is 0.429. The highest BCUT2D eigenvalue weighted by Gasteiger charge is 2.28. The molecule has 2 nitrogen and oxygen atoms in total. The third-order valence-electron chi connectivity index (χ3n) is 5.65. The lowest BCUT2D eigenvalue weighted by Gasteiger charge is -2.22. The van der Waals surface area contributed by atoms with Crippen molar-refractivity contribution in [3.8, 4) is 0 Å². The van der Waals surface area contributed by atoms with E-state index in [1.165, 1.54) is 39.7 Å². The zero-order valence-electron chi connectivity index (χ0n) is 15.4. The number of aryl methyl sites for hydroxylation is 3. The zero-order chi connectivity index (χ0) is 17.4. The number of hydrogen-bond donors (Lipinski definition) is 1. The maximum atomic E-state index is 6.59. The van der Waals surface area contributed by atoms with E-state index in [0.29, 0.717) is 0 Å². The molecule has 2 aromatic carbocycles. The third-order valence-corrected chi connectivity index (χ3v) is 5.65. The van der Waals surface area contributed by atoms with Crippen LogP contribution >= 0.6 is 0 Å². The highest BCUT2D eigenvalue weighted by molar-refractivity contribution is 5.86. The minimum atomic E-state index is -0.0897. The van der Waals surface area contributed by atoms with Crippen LogP contribution in [0, 0.1) is 6.92 Å². The summed E-state index contributed by atoms with van der Waals surface area (Å²) >= 11 is 0. The lowest BCUT2D eigenvalue weighted by Crippen LogP contribution is -2.37. The fourth-order valence-corrected chi connectivity index (χ4v) is 4.37. The van der Waals surface area contributed by atoms with Crippen molar-refractivity contribution >= 4 is 10.9 Å². The molecular formula is C23H28N2. The van der Waals surface area contributed by atoms with Crippen LogP contribution in [0.3, 0.4) is 0 Å². The first-order valence-electron chi connectivity index (χ1n) is 9.47. The Kier molecular flexibility index (Phi) is 4.16. The fourth-order valence-electron chi connectivity index (χ4n) is 4.37. The number of fused-ring (bicyclic) bond motifs is 3. The monoisotopic (exact) mass is 332 g/mol. The van der Waals surface area contributed by atoms with E-state index in [0.717, 1.165) is 32.2 Å². The van der Waals surface area contributed by atoms with E-state index in [4.69, 9.17) is 5.73 Å². The van der Waals surface area contributed by atoms with Gasteiger partial charge in [-0.25, -0.2) is 0 Å². The number of benzene rings is 2. The number of aromatic nitrogens is 1. The molecule has 0 spiro atoms. The average molecular weight is 332 g/mol. The van der Waals surface area contributed by atoms with Crippen molar-refractivity contribution < 1.29 is 0 Å². The van der Waals surface area contributed by atoms with E-state index in [9.17, 15) is 0 Å². The quantitative estimate of drug-likeness (QED) is 0.687. The molecule has 1 heterocycles. The van der Waals surface area contributed by atoms with Gasteiger partial charge < -0.3 is 10.3 Å². The van der Waals surface area contributed by atoms with Gasteiger partial charge in [0.25, 0.3) is 0 Å². The van der Waals surface area contributed by atoms with Crippen LogP contribution in [-0.4, -0.2) is 10.1 Å². The van der Waals surface area contributed by atoms with Gasteiger partial charge in [-0.15, -0.1) is 0 Å². The number of hydrogen-bond acceptors (Lipinski definition) is 1. The molecule has 2 N–H and O–H groups in total. The van der Waals surface area contributed by atoms with Crippen molar-refractivity contribution in [3.05, 3.63) is 70.9 Å². The molecular weight excluding hydrogens is 304 g/mol. The second-order valence-corrected chi connectivity index (χ2v) is 8.02. The lowest BCUT2D eigenvalue weighted by atomic mass is 9.91. The van der Waals surface area contributed by atoms with Crippen molar-refractivity contribution in [1.29, 1.82) is 0 Å². The maximum Gasteiger partial charge on any atom is 0.0485 e. The largest absolute Gasteiger partial charge is 0.344 e. The fraction of sp³-hybridized carbons (Fsp3) is 0.391. The molecule has 0 saturated heterocycles. The molecule has 130 valence electrons. The summed E-state index contributed by atoms with van der Waals surface area (Å²) in [7, 11) is 0. The number of nitrogens with two attached hydrogens (primary N) is 1. The molecule has 25 heavy (non-hydrogen) atoms. The summed E-state index contributed by atoms with van der Waals surface area (Å²) in [6.07, 6.45) is 5.49. The topological polar surface area (TPSA) is 30.9 Å². The Morgan fingerprint density at radius 1 is 1.12 bits per heavy atom. The van der Waals surface area contributed by atoms with Gasteiger partial charge in [-0.2, -0.15) is 0 Å². The summed E-state index contributed by atoms with van der Waals surface area (Å²) in [5.74, 6) is 0. The highest BCUT2D eigenvalue weighted by atomic mass is 15.0. The molecule has 2 heteroatoms. The molecule has 1 unspecified atom stereocenters. The van der Waals surface area contributed by atoms with Gasteiger partial charge in [0.1, 0.15) is 0 Å². The van der Waals surface area contributed by atoms with Gasteiger partial charge in [0.15, 0.2) is 0 Å². The molecule has 1 aliphatic rings. The van der Waals surface area contributed by atoms with Crippen molar-refractivity contribution in [2.75, 3.05) is 0 Å². The predicted molar refractivity (Wildman–Crippen MR) is 106 cm³/mol. The summed E-state index contributed by atoms with van der Waals surface area (Å²) in [6.45, 7) is 5.44. The van der Waals surface area contributed by atoms with Crippen LogP contribution < -0.4 is 5.73 Å². The Labute approximate surface area is 150 Å². The maximum absolute atomic E-state index is 6.59. The molecule has 3 aromatic rings. The van der Waals surface area contributed by atoms with E-state index in [-0.39, 0.29) is 5.54 Å². The highest BCUT2D eigenvalue weighted by Crippen LogP contribution is 2.34. The Balaban J connectivity index is 1.79. The van der Waals surface area contributed by atoms with Gasteiger partial charge in [-0.05, 0) is 69.2 Å². The Morgan fingerprint density at radius 3 is 2.72 bits per heavy atom. The van der Waals surface area contributed by atoms with E-state index in [2.05, 4.69) is 66.9 Å². The van der Waals surface area contributed by atoms with E-state index < -0.39 is 0 Å². The van der Waals surface area contributed by atoms with Gasteiger partial charge in [-0.3, -0.25) is 0 Å². The predicted octanol–water partition coefficient (Wildman–Crippen LogP) is 4.79. The summed E-state index contributed by atoms with van der Waals surface area (Å²) < 4.78 is 2.57. The van der Waals surface area contributed by atoms with Gasteiger partial charge in [0, 0.05) is 28.7 Å². The molecule has 1 aliphatic carbocycles. The Hall–Kier alpha value is -2.06. The third kappa shape index (κ3) is 3.23. The van der Waals surface area contributed by atoms with Crippen LogP contribution in [-0.2, 0) is 25.8 Å². The number of nitrogens with zero attached hydrogens (tertiary/aromatic N) is 1. The molecule has 0 amide bonds.